The third-order valence-electron chi connectivity index (χ3n) is 8.73. The SMILES string of the molecule is COc1ccc(C)cc1-c1cccc(CCC(=O)OCCCCNC(=O)OC(C)C2C3CN(Cc4ccccc4)CC32)c1. The molecule has 0 bridgehead atoms. The molecule has 0 aromatic heterocycles. The molecule has 2 fully saturated rings. The lowest BCUT2D eigenvalue weighted by Gasteiger charge is -2.22. The average Bonchev–Trinajstić information content (AvgIpc) is 3.53. The van der Waals surface area contributed by atoms with E-state index >= 15 is 0 Å². The fraction of sp³-hybridized carbons (Fsp3) is 0.444. The standard InChI is InChI=1S/C36H44N2O5/c1-25-14-16-33(41-3)30(20-25)29-13-9-12-27(21-29)15-17-34(39)42-19-8-7-18-37-36(40)43-26(2)35-31-23-38(24-32(31)35)22-28-10-5-4-6-11-28/h4-6,9-14,16,20-21,26,31-32,35H,7-8,15,17-19,22-24H2,1-3H3,(H,37,40). The van der Waals surface area contributed by atoms with Crippen LogP contribution >= 0.6 is 0 Å². The van der Waals surface area contributed by atoms with Gasteiger partial charge in [0.1, 0.15) is 11.9 Å². The van der Waals surface area contributed by atoms with E-state index in [0.29, 0.717) is 50.2 Å². The fourth-order valence-electron chi connectivity index (χ4n) is 6.48. The fourth-order valence-corrected chi connectivity index (χ4v) is 6.48. The molecule has 2 aliphatic rings. The molecule has 3 aromatic rings. The van der Waals surface area contributed by atoms with Gasteiger partial charge in [-0.3, -0.25) is 9.69 Å². The molecule has 1 heterocycles. The molecule has 1 amide bonds. The Kier molecular flexibility index (Phi) is 10.4. The van der Waals surface area contributed by atoms with E-state index in [9.17, 15) is 9.59 Å². The van der Waals surface area contributed by atoms with Gasteiger partial charge in [0.2, 0.25) is 0 Å². The normalized spacial score (nSPS) is 19.7. The summed E-state index contributed by atoms with van der Waals surface area (Å²) in [7, 11) is 1.68. The Morgan fingerprint density at radius 1 is 0.953 bits per heavy atom. The monoisotopic (exact) mass is 584 g/mol. The van der Waals surface area contributed by atoms with Gasteiger partial charge in [0.15, 0.2) is 0 Å². The van der Waals surface area contributed by atoms with E-state index in [2.05, 4.69) is 59.6 Å². The van der Waals surface area contributed by atoms with Crippen molar-refractivity contribution >= 4 is 12.1 Å². The highest BCUT2D eigenvalue weighted by atomic mass is 16.6. The van der Waals surface area contributed by atoms with Crippen LogP contribution in [-0.4, -0.2) is 56.4 Å². The highest BCUT2D eigenvalue weighted by Crippen LogP contribution is 2.54. The number of nitrogens with one attached hydrogen (secondary N) is 1. The van der Waals surface area contributed by atoms with Crippen LogP contribution < -0.4 is 10.1 Å². The zero-order valence-electron chi connectivity index (χ0n) is 25.6. The summed E-state index contributed by atoms with van der Waals surface area (Å²) < 4.78 is 16.6. The lowest BCUT2D eigenvalue weighted by atomic mass is 9.99. The van der Waals surface area contributed by atoms with Crippen molar-refractivity contribution in [1.29, 1.82) is 0 Å². The van der Waals surface area contributed by atoms with Crippen LogP contribution in [0.15, 0.2) is 72.8 Å². The number of likely N-dealkylation sites (tertiary alicyclic amines) is 1. The largest absolute Gasteiger partial charge is 0.496 e. The van der Waals surface area contributed by atoms with E-state index in [4.69, 9.17) is 14.2 Å². The smallest absolute Gasteiger partial charge is 0.407 e. The van der Waals surface area contributed by atoms with Gasteiger partial charge in [0, 0.05) is 44.1 Å². The van der Waals surface area contributed by atoms with Crippen LogP contribution in [0.25, 0.3) is 11.1 Å². The number of piperidine rings is 1. The zero-order valence-corrected chi connectivity index (χ0v) is 25.6. The number of ether oxygens (including phenoxy) is 3. The summed E-state index contributed by atoms with van der Waals surface area (Å²) in [6, 6.07) is 24.9. The van der Waals surface area contributed by atoms with Crippen LogP contribution in [0.5, 0.6) is 5.75 Å². The number of alkyl carbamates (subject to hydrolysis) is 1. The molecule has 1 saturated heterocycles. The predicted molar refractivity (Wildman–Crippen MR) is 168 cm³/mol. The van der Waals surface area contributed by atoms with E-state index in [-0.39, 0.29) is 18.2 Å². The summed E-state index contributed by atoms with van der Waals surface area (Å²) in [6.07, 6.45) is 1.91. The number of aryl methyl sites for hydroxylation is 2. The van der Waals surface area contributed by atoms with E-state index in [1.165, 1.54) is 11.1 Å². The molecule has 3 unspecified atom stereocenters. The molecular weight excluding hydrogens is 540 g/mol. The minimum absolute atomic E-state index is 0.0747. The third kappa shape index (κ3) is 8.38. The number of unbranched alkanes of at least 4 members (excludes halogenated alkanes) is 1. The maximum absolute atomic E-state index is 12.3. The van der Waals surface area contributed by atoms with Gasteiger partial charge in [0.25, 0.3) is 0 Å². The van der Waals surface area contributed by atoms with E-state index < -0.39 is 0 Å². The number of fused-ring (bicyclic) bond motifs is 1. The first-order chi connectivity index (χ1) is 20.9. The molecule has 7 heteroatoms. The number of nitrogens with zero attached hydrogens (tertiary/aromatic N) is 1. The lowest BCUT2D eigenvalue weighted by molar-refractivity contribution is -0.143. The summed E-state index contributed by atoms with van der Waals surface area (Å²) in [5.74, 6) is 2.33. The second-order valence-corrected chi connectivity index (χ2v) is 12.0. The predicted octanol–water partition coefficient (Wildman–Crippen LogP) is 6.42. The van der Waals surface area contributed by atoms with Crippen LogP contribution in [0.2, 0.25) is 0 Å². The van der Waals surface area contributed by atoms with E-state index in [0.717, 1.165) is 48.5 Å². The Balaban J connectivity index is 0.919. The van der Waals surface area contributed by atoms with Gasteiger partial charge in [0.05, 0.1) is 13.7 Å². The Hall–Kier alpha value is -3.84. The minimum atomic E-state index is -0.360. The Morgan fingerprint density at radius 3 is 2.49 bits per heavy atom. The van der Waals surface area contributed by atoms with Gasteiger partial charge in [-0.15, -0.1) is 0 Å². The number of hydrogen-bond acceptors (Lipinski definition) is 6. The van der Waals surface area contributed by atoms with Crippen molar-refractivity contribution in [2.45, 2.75) is 52.2 Å². The summed E-state index contributed by atoms with van der Waals surface area (Å²) in [4.78, 5) is 27.1. The lowest BCUT2D eigenvalue weighted by Crippen LogP contribution is -2.32. The molecule has 3 atom stereocenters. The van der Waals surface area contributed by atoms with Gasteiger partial charge in [-0.05, 0) is 73.8 Å². The zero-order chi connectivity index (χ0) is 30.2. The molecule has 43 heavy (non-hydrogen) atoms. The number of benzene rings is 3. The Morgan fingerprint density at radius 2 is 1.72 bits per heavy atom. The first-order valence-electron chi connectivity index (χ1n) is 15.5. The number of amides is 1. The van der Waals surface area contributed by atoms with Crippen molar-refractivity contribution in [2.24, 2.45) is 17.8 Å². The van der Waals surface area contributed by atoms with Gasteiger partial charge >= 0.3 is 12.1 Å². The van der Waals surface area contributed by atoms with Crippen LogP contribution in [0, 0.1) is 24.7 Å². The first-order valence-corrected chi connectivity index (χ1v) is 15.5. The van der Waals surface area contributed by atoms with Crippen LogP contribution in [0.4, 0.5) is 4.79 Å². The second kappa shape index (κ2) is 14.6. The van der Waals surface area contributed by atoms with Crippen molar-refractivity contribution in [3.8, 4) is 16.9 Å². The molecule has 228 valence electrons. The number of rotatable bonds is 14. The van der Waals surface area contributed by atoms with Gasteiger partial charge in [-0.1, -0.05) is 66.2 Å². The molecule has 3 aromatic carbocycles. The Bertz CT molecular complexity index is 1370. The molecule has 0 radical (unpaired) electrons. The molecule has 1 saturated carbocycles. The summed E-state index contributed by atoms with van der Waals surface area (Å²) in [6.45, 7) is 8.06. The number of carbonyl (C=O) groups excluding carboxylic acids is 2. The van der Waals surface area contributed by atoms with Crippen LogP contribution in [0.1, 0.15) is 42.9 Å². The molecule has 1 aliphatic heterocycles. The summed E-state index contributed by atoms with van der Waals surface area (Å²) in [5.41, 5.74) is 5.70. The molecule has 7 nitrogen and oxygen atoms in total. The number of hydrogen-bond donors (Lipinski definition) is 1. The summed E-state index contributed by atoms with van der Waals surface area (Å²) in [5, 5.41) is 2.85. The van der Waals surface area contributed by atoms with Gasteiger partial charge in [-0.25, -0.2) is 4.79 Å². The molecule has 1 N–H and O–H groups in total. The van der Waals surface area contributed by atoms with E-state index in [1.807, 2.05) is 37.3 Å². The van der Waals surface area contributed by atoms with Crippen molar-refractivity contribution in [1.82, 2.24) is 10.2 Å². The minimum Gasteiger partial charge on any atom is -0.496 e. The number of esters is 1. The van der Waals surface area contributed by atoms with Crippen molar-refractivity contribution in [2.75, 3.05) is 33.4 Å². The van der Waals surface area contributed by atoms with Gasteiger partial charge in [-0.2, -0.15) is 0 Å². The molecular formula is C36H44N2O5. The second-order valence-electron chi connectivity index (χ2n) is 12.0. The molecule has 1 aliphatic carbocycles. The number of carbonyl (C=O) groups is 2. The third-order valence-corrected chi connectivity index (χ3v) is 8.73. The number of methoxy groups -OCH3 is 1. The Labute approximate surface area is 255 Å². The maximum Gasteiger partial charge on any atom is 0.407 e. The summed E-state index contributed by atoms with van der Waals surface area (Å²) >= 11 is 0. The van der Waals surface area contributed by atoms with Crippen LogP contribution in [0.3, 0.4) is 0 Å². The highest BCUT2D eigenvalue weighted by Gasteiger charge is 2.58. The topological polar surface area (TPSA) is 77.1 Å². The first kappa shape index (κ1) is 30.6. The van der Waals surface area contributed by atoms with Gasteiger partial charge < -0.3 is 19.5 Å². The molecule has 0 spiro atoms. The van der Waals surface area contributed by atoms with Crippen molar-refractivity contribution < 1.29 is 23.8 Å². The molecule has 5 rings (SSSR count). The quantitative estimate of drug-likeness (QED) is 0.174. The van der Waals surface area contributed by atoms with E-state index in [1.54, 1.807) is 7.11 Å². The average molecular weight is 585 g/mol. The van der Waals surface area contributed by atoms with Crippen molar-refractivity contribution in [3.05, 3.63) is 89.5 Å². The maximum atomic E-state index is 12.3. The van der Waals surface area contributed by atoms with Crippen molar-refractivity contribution in [3.63, 3.8) is 0 Å². The van der Waals surface area contributed by atoms with Crippen LogP contribution in [-0.2, 0) is 27.2 Å². The highest BCUT2D eigenvalue weighted by molar-refractivity contribution is 5.72.